The maximum atomic E-state index is 12.6. The molecule has 1 heterocycles. The molecule has 3 heteroatoms. The van der Waals surface area contributed by atoms with Gasteiger partial charge in [-0.05, 0) is 37.3 Å². The van der Waals surface area contributed by atoms with Crippen molar-refractivity contribution in [1.29, 1.82) is 0 Å². The summed E-state index contributed by atoms with van der Waals surface area (Å²) < 4.78 is 5.97. The van der Waals surface area contributed by atoms with Crippen molar-refractivity contribution in [2.24, 2.45) is 0 Å². The highest BCUT2D eigenvalue weighted by Crippen LogP contribution is 2.41. The zero-order valence-corrected chi connectivity index (χ0v) is 16.1. The highest BCUT2D eigenvalue weighted by atomic mass is 16.6. The van der Waals surface area contributed by atoms with Crippen molar-refractivity contribution in [1.82, 2.24) is 4.90 Å². The molecule has 138 valence electrons. The zero-order chi connectivity index (χ0) is 18.1. The summed E-state index contributed by atoms with van der Waals surface area (Å²) in [6.45, 7) is 7.27. The molecular formula is C22H33NO2. The Hall–Kier alpha value is -1.77. The smallest absolute Gasteiger partial charge is 0.415 e. The lowest BCUT2D eigenvalue weighted by Crippen LogP contribution is -2.32. The minimum Gasteiger partial charge on any atom is -0.436 e. The number of amides is 1. The number of carbonyl (C=O) groups excluding carboxylic acids is 1. The molecule has 0 bridgehead atoms. The molecule has 1 saturated heterocycles. The van der Waals surface area contributed by atoms with Crippen LogP contribution in [0.2, 0.25) is 0 Å². The van der Waals surface area contributed by atoms with E-state index in [1.807, 2.05) is 23.1 Å². The molecule has 1 aromatic rings. The zero-order valence-electron chi connectivity index (χ0n) is 16.1. The molecule has 1 fully saturated rings. The van der Waals surface area contributed by atoms with Crippen LogP contribution in [0.25, 0.3) is 6.08 Å². The van der Waals surface area contributed by atoms with Gasteiger partial charge in [0.2, 0.25) is 0 Å². The summed E-state index contributed by atoms with van der Waals surface area (Å²) in [4.78, 5) is 14.5. The minimum absolute atomic E-state index is 0.170. The van der Waals surface area contributed by atoms with E-state index in [1.165, 1.54) is 12.8 Å². The third kappa shape index (κ3) is 4.87. The molecule has 0 N–H and O–H groups in total. The standard InChI is InChI=1S/C22H33NO2/c1-4-7-9-13-17-23-20(18-19-14-11-10-12-15-19)22(6-3,16-8-5-2)25-21(23)24/h10-12,14-15,18H,4-9,13,16-17H2,1-3H3/b20-18+. The Labute approximate surface area is 153 Å². The van der Waals surface area contributed by atoms with Gasteiger partial charge in [0.05, 0.1) is 5.70 Å². The third-order valence-corrected chi connectivity index (χ3v) is 5.10. The van der Waals surface area contributed by atoms with Crippen LogP contribution in [-0.4, -0.2) is 23.1 Å². The van der Waals surface area contributed by atoms with Crippen LogP contribution in [0.5, 0.6) is 0 Å². The van der Waals surface area contributed by atoms with E-state index in [9.17, 15) is 4.79 Å². The van der Waals surface area contributed by atoms with Crippen molar-refractivity contribution in [2.45, 2.75) is 77.7 Å². The Morgan fingerprint density at radius 3 is 2.36 bits per heavy atom. The largest absolute Gasteiger partial charge is 0.436 e. The van der Waals surface area contributed by atoms with E-state index in [2.05, 4.69) is 39.0 Å². The van der Waals surface area contributed by atoms with Crippen LogP contribution in [0, 0.1) is 0 Å². The lowest BCUT2D eigenvalue weighted by atomic mass is 9.89. The van der Waals surface area contributed by atoms with Gasteiger partial charge in [-0.15, -0.1) is 0 Å². The van der Waals surface area contributed by atoms with E-state index in [0.29, 0.717) is 0 Å². The molecule has 1 aromatic carbocycles. The quantitative estimate of drug-likeness (QED) is 0.460. The fourth-order valence-corrected chi connectivity index (χ4v) is 3.52. The van der Waals surface area contributed by atoms with Crippen LogP contribution in [0.1, 0.15) is 77.7 Å². The minimum atomic E-state index is -0.465. The number of ether oxygens (including phenoxy) is 1. The number of nitrogens with zero attached hydrogens (tertiary/aromatic N) is 1. The molecule has 25 heavy (non-hydrogen) atoms. The van der Waals surface area contributed by atoms with Gasteiger partial charge in [-0.1, -0.05) is 76.8 Å². The summed E-state index contributed by atoms with van der Waals surface area (Å²) in [5, 5.41) is 0. The predicted octanol–water partition coefficient (Wildman–Crippen LogP) is 6.40. The number of unbranched alkanes of at least 4 members (excludes halogenated alkanes) is 4. The van der Waals surface area contributed by atoms with E-state index in [4.69, 9.17) is 4.74 Å². The SMILES string of the molecule is CCCCCCN1C(=O)OC(CC)(CCCC)/C1=C\c1ccccc1. The molecular weight excluding hydrogens is 310 g/mol. The highest BCUT2D eigenvalue weighted by Gasteiger charge is 2.47. The van der Waals surface area contributed by atoms with Crippen LogP contribution >= 0.6 is 0 Å². The second-order valence-corrected chi connectivity index (χ2v) is 6.97. The molecule has 1 aliphatic heterocycles. The second kappa shape index (κ2) is 9.65. The number of benzene rings is 1. The normalized spacial score (nSPS) is 21.8. The lowest BCUT2D eigenvalue weighted by Gasteiger charge is -2.28. The molecule has 0 saturated carbocycles. The maximum Gasteiger partial charge on any atom is 0.415 e. The van der Waals surface area contributed by atoms with Crippen molar-refractivity contribution in [3.8, 4) is 0 Å². The summed E-state index contributed by atoms with van der Waals surface area (Å²) in [7, 11) is 0. The molecule has 3 nitrogen and oxygen atoms in total. The van der Waals surface area contributed by atoms with Crippen LogP contribution in [0.3, 0.4) is 0 Å². The molecule has 2 rings (SSSR count). The van der Waals surface area contributed by atoms with E-state index < -0.39 is 5.60 Å². The number of rotatable bonds is 10. The maximum absolute atomic E-state index is 12.6. The molecule has 1 atom stereocenters. The first-order valence-corrected chi connectivity index (χ1v) is 9.94. The van der Waals surface area contributed by atoms with Gasteiger partial charge in [0.1, 0.15) is 0 Å². The molecule has 0 aliphatic carbocycles. The summed E-state index contributed by atoms with van der Waals surface area (Å²) in [6.07, 6.45) is 10.5. The average molecular weight is 344 g/mol. The van der Waals surface area contributed by atoms with E-state index in [0.717, 1.165) is 56.3 Å². The lowest BCUT2D eigenvalue weighted by molar-refractivity contribution is 0.0576. The van der Waals surface area contributed by atoms with E-state index >= 15 is 0 Å². The van der Waals surface area contributed by atoms with Crippen LogP contribution in [0.4, 0.5) is 4.79 Å². The van der Waals surface area contributed by atoms with Gasteiger partial charge < -0.3 is 4.74 Å². The Morgan fingerprint density at radius 2 is 1.72 bits per heavy atom. The number of cyclic esters (lactones) is 1. The molecule has 1 aliphatic rings. The van der Waals surface area contributed by atoms with Crippen molar-refractivity contribution < 1.29 is 9.53 Å². The number of hydrogen-bond acceptors (Lipinski definition) is 2. The van der Waals surface area contributed by atoms with Crippen LogP contribution in [-0.2, 0) is 4.74 Å². The van der Waals surface area contributed by atoms with E-state index in [-0.39, 0.29) is 6.09 Å². The summed E-state index contributed by atoms with van der Waals surface area (Å²) in [5.41, 5.74) is 1.72. The Bertz CT molecular complexity index is 567. The Balaban J connectivity index is 2.30. The van der Waals surface area contributed by atoms with Gasteiger partial charge in [0.25, 0.3) is 0 Å². The Kier molecular flexibility index (Phi) is 7.54. The Morgan fingerprint density at radius 1 is 1.00 bits per heavy atom. The van der Waals surface area contributed by atoms with Gasteiger partial charge in [0.15, 0.2) is 5.60 Å². The van der Waals surface area contributed by atoms with Crippen molar-refractivity contribution in [3.63, 3.8) is 0 Å². The summed E-state index contributed by atoms with van der Waals surface area (Å²) in [5.74, 6) is 0. The van der Waals surface area contributed by atoms with Crippen molar-refractivity contribution >= 4 is 12.2 Å². The second-order valence-electron chi connectivity index (χ2n) is 6.97. The van der Waals surface area contributed by atoms with Gasteiger partial charge in [0, 0.05) is 6.54 Å². The van der Waals surface area contributed by atoms with Gasteiger partial charge >= 0.3 is 6.09 Å². The summed E-state index contributed by atoms with van der Waals surface area (Å²) in [6, 6.07) is 10.3. The van der Waals surface area contributed by atoms with Crippen molar-refractivity contribution in [2.75, 3.05) is 6.54 Å². The van der Waals surface area contributed by atoms with Crippen LogP contribution < -0.4 is 0 Å². The van der Waals surface area contributed by atoms with E-state index in [1.54, 1.807) is 0 Å². The topological polar surface area (TPSA) is 29.5 Å². The van der Waals surface area contributed by atoms with Crippen molar-refractivity contribution in [3.05, 3.63) is 41.6 Å². The van der Waals surface area contributed by atoms with Gasteiger partial charge in [-0.25, -0.2) is 4.79 Å². The molecule has 0 aromatic heterocycles. The average Bonchev–Trinajstić information content (AvgIpc) is 2.90. The molecule has 0 radical (unpaired) electrons. The monoisotopic (exact) mass is 343 g/mol. The fraction of sp³-hybridized carbons (Fsp3) is 0.591. The highest BCUT2D eigenvalue weighted by molar-refractivity contribution is 5.78. The molecule has 1 amide bonds. The molecule has 1 unspecified atom stereocenters. The number of hydrogen-bond donors (Lipinski definition) is 0. The van der Waals surface area contributed by atoms with Gasteiger partial charge in [-0.3, -0.25) is 4.90 Å². The predicted molar refractivity (Wildman–Crippen MR) is 104 cm³/mol. The van der Waals surface area contributed by atoms with Crippen LogP contribution in [0.15, 0.2) is 36.0 Å². The third-order valence-electron chi connectivity index (χ3n) is 5.10. The first-order valence-electron chi connectivity index (χ1n) is 9.94. The number of carbonyl (C=O) groups is 1. The fourth-order valence-electron chi connectivity index (χ4n) is 3.52. The molecule has 0 spiro atoms. The first-order chi connectivity index (χ1) is 12.2. The first kappa shape index (κ1) is 19.6. The summed E-state index contributed by atoms with van der Waals surface area (Å²) >= 11 is 0. The van der Waals surface area contributed by atoms with Gasteiger partial charge in [-0.2, -0.15) is 0 Å².